The summed E-state index contributed by atoms with van der Waals surface area (Å²) in [5.41, 5.74) is -2.93. The van der Waals surface area contributed by atoms with Crippen LogP contribution >= 0.6 is 0 Å². The predicted octanol–water partition coefficient (Wildman–Crippen LogP) is 9.14. The van der Waals surface area contributed by atoms with Gasteiger partial charge >= 0.3 is 11.9 Å². The molecule has 4 rings (SSSR count). The predicted molar refractivity (Wildman–Crippen MR) is 193 cm³/mol. The third-order valence-corrected chi connectivity index (χ3v) is 13.0. The Hall–Kier alpha value is -2.35. The van der Waals surface area contributed by atoms with Crippen LogP contribution in [0.3, 0.4) is 0 Å². The maximum Gasteiger partial charge on any atom is 0.306 e. The van der Waals surface area contributed by atoms with Crippen molar-refractivity contribution in [3.05, 3.63) is 23.8 Å². The minimum absolute atomic E-state index is 0.0659. The Bertz CT molecular complexity index is 1240. The number of esters is 2. The van der Waals surface area contributed by atoms with Gasteiger partial charge in [-0.3, -0.25) is 19.2 Å². The fraction of sp³-hybridized carbons (Fsp3) is 0.810. The van der Waals surface area contributed by atoms with Crippen molar-refractivity contribution < 1.29 is 38.1 Å². The summed E-state index contributed by atoms with van der Waals surface area (Å²) in [5, 5.41) is 11.5. The molecule has 0 amide bonds. The molecule has 7 nitrogen and oxygen atoms in total. The van der Waals surface area contributed by atoms with Gasteiger partial charge in [0.1, 0.15) is 6.61 Å². The molecule has 0 aliphatic heterocycles. The molecule has 50 heavy (non-hydrogen) atoms. The fourth-order valence-electron chi connectivity index (χ4n) is 10.3. The number of allylic oxidation sites excluding steroid dienone is 4. The molecule has 0 aromatic carbocycles. The van der Waals surface area contributed by atoms with Gasteiger partial charge in [-0.25, -0.2) is 4.39 Å². The summed E-state index contributed by atoms with van der Waals surface area (Å²) >= 11 is 0. The Morgan fingerprint density at radius 3 is 2.02 bits per heavy atom. The standard InChI is InChI=1S/C42H65FO7/c1-5-6-7-8-9-10-11-12-13-14-15-16-17-18-25-49-37(47)21-22-38(48)50-29-35(45)39-30(2)26-34-33-20-19-31-27-32(44)23-24-41(31,4)42(33,43)36(46)28-40(34,39)3/h23-24,27,30,33-34,36,39,46H,5-22,25-26,28-29H2,1-4H3/t30-,33+,34+,36+,39-,40+,41+,42+/m1/s1. The minimum atomic E-state index is -1.94. The molecule has 0 spiro atoms. The Balaban J connectivity index is 1.11. The summed E-state index contributed by atoms with van der Waals surface area (Å²) in [4.78, 5) is 50.4. The van der Waals surface area contributed by atoms with Crippen molar-refractivity contribution in [3.8, 4) is 0 Å². The zero-order valence-corrected chi connectivity index (χ0v) is 31.4. The number of Topliss-reactive ketones (excluding diaryl/α,β-unsaturated/α-hetero) is 1. The van der Waals surface area contributed by atoms with Crippen molar-refractivity contribution in [2.45, 2.75) is 168 Å². The molecule has 0 unspecified atom stereocenters. The van der Waals surface area contributed by atoms with Gasteiger partial charge in [-0.1, -0.05) is 116 Å². The van der Waals surface area contributed by atoms with E-state index in [2.05, 4.69) is 6.92 Å². The zero-order chi connectivity index (χ0) is 36.4. The lowest BCUT2D eigenvalue weighted by Crippen LogP contribution is -2.66. The number of hydrogen-bond donors (Lipinski definition) is 1. The smallest absolute Gasteiger partial charge is 0.306 e. The molecule has 282 valence electrons. The lowest BCUT2D eigenvalue weighted by molar-refractivity contribution is -0.196. The van der Waals surface area contributed by atoms with Gasteiger partial charge in [-0.2, -0.15) is 0 Å². The number of alkyl halides is 1. The van der Waals surface area contributed by atoms with Gasteiger partial charge in [0.2, 0.25) is 0 Å². The highest BCUT2D eigenvalue weighted by atomic mass is 19.1. The van der Waals surface area contributed by atoms with E-state index in [4.69, 9.17) is 9.47 Å². The Morgan fingerprint density at radius 2 is 1.42 bits per heavy atom. The first-order valence-electron chi connectivity index (χ1n) is 20.0. The van der Waals surface area contributed by atoms with Crippen LogP contribution in [-0.2, 0) is 28.7 Å². The second-order valence-corrected chi connectivity index (χ2v) is 16.5. The van der Waals surface area contributed by atoms with Crippen molar-refractivity contribution in [1.82, 2.24) is 0 Å². The minimum Gasteiger partial charge on any atom is -0.466 e. The van der Waals surface area contributed by atoms with E-state index < -0.39 is 53.0 Å². The summed E-state index contributed by atoms with van der Waals surface area (Å²) in [6, 6.07) is 0. The molecular formula is C42H65FO7. The number of aliphatic hydroxyl groups excluding tert-OH is 1. The Morgan fingerprint density at radius 1 is 0.860 bits per heavy atom. The number of fused-ring (bicyclic) bond motifs is 5. The summed E-state index contributed by atoms with van der Waals surface area (Å²) < 4.78 is 28.0. The third kappa shape index (κ3) is 9.16. The number of carbonyl (C=O) groups is 4. The van der Waals surface area contributed by atoms with Gasteiger partial charge in [-0.15, -0.1) is 0 Å². The molecule has 4 aliphatic carbocycles. The van der Waals surface area contributed by atoms with Gasteiger partial charge in [0.25, 0.3) is 0 Å². The van der Waals surface area contributed by atoms with E-state index in [0.29, 0.717) is 25.9 Å². The number of ether oxygens (including phenoxy) is 2. The Kier molecular flexibility index (Phi) is 14.9. The van der Waals surface area contributed by atoms with Crippen molar-refractivity contribution in [1.29, 1.82) is 0 Å². The quantitative estimate of drug-likeness (QED) is 0.0940. The van der Waals surface area contributed by atoms with E-state index in [1.165, 1.54) is 82.8 Å². The number of hydrogen-bond acceptors (Lipinski definition) is 7. The summed E-state index contributed by atoms with van der Waals surface area (Å²) in [7, 11) is 0. The molecule has 0 saturated heterocycles. The lowest BCUT2D eigenvalue weighted by atomic mass is 9.45. The first-order valence-corrected chi connectivity index (χ1v) is 20.0. The van der Waals surface area contributed by atoms with Crippen molar-refractivity contribution in [3.63, 3.8) is 0 Å². The van der Waals surface area contributed by atoms with Crippen LogP contribution < -0.4 is 0 Å². The molecule has 0 radical (unpaired) electrons. The van der Waals surface area contributed by atoms with Crippen molar-refractivity contribution in [2.75, 3.05) is 13.2 Å². The SMILES string of the molecule is CCCCCCCCCCCCCCCCOC(=O)CCC(=O)OCC(=O)[C@H]1[C@H](C)C[C@H]2[C@@H]3CCC4=CC(=O)C=C[C@]4(C)[C@@]3(F)[C@@H](O)C[C@@]21C. The van der Waals surface area contributed by atoms with Crippen LogP contribution in [0.4, 0.5) is 4.39 Å². The average molecular weight is 701 g/mol. The van der Waals surface area contributed by atoms with Crippen LogP contribution in [0.5, 0.6) is 0 Å². The zero-order valence-electron chi connectivity index (χ0n) is 31.4. The fourth-order valence-corrected chi connectivity index (χ4v) is 10.3. The monoisotopic (exact) mass is 700 g/mol. The molecule has 1 N–H and O–H groups in total. The van der Waals surface area contributed by atoms with Crippen LogP contribution in [0.1, 0.15) is 156 Å². The molecule has 4 aliphatic rings. The van der Waals surface area contributed by atoms with Gasteiger partial charge < -0.3 is 14.6 Å². The maximum absolute atomic E-state index is 17.3. The molecule has 8 heteroatoms. The molecule has 0 heterocycles. The van der Waals surface area contributed by atoms with Crippen LogP contribution in [-0.4, -0.2) is 53.6 Å². The first-order chi connectivity index (χ1) is 23.9. The normalized spacial score (nSPS) is 32.9. The van der Waals surface area contributed by atoms with Gasteiger partial charge in [-0.05, 0) is 68.4 Å². The van der Waals surface area contributed by atoms with E-state index in [1.807, 2.05) is 13.8 Å². The van der Waals surface area contributed by atoms with Crippen LogP contribution in [0.2, 0.25) is 0 Å². The van der Waals surface area contributed by atoms with Crippen LogP contribution in [0, 0.1) is 34.5 Å². The average Bonchev–Trinajstić information content (AvgIpc) is 3.34. The highest BCUT2D eigenvalue weighted by Gasteiger charge is 2.71. The number of ketones is 2. The van der Waals surface area contributed by atoms with E-state index in [1.54, 1.807) is 13.0 Å². The highest BCUT2D eigenvalue weighted by molar-refractivity contribution is 6.01. The maximum atomic E-state index is 17.3. The molecule has 0 aromatic rings. The third-order valence-electron chi connectivity index (χ3n) is 13.0. The van der Waals surface area contributed by atoms with Gasteiger partial charge in [0.15, 0.2) is 17.2 Å². The number of carbonyl (C=O) groups excluding carboxylic acids is 4. The first kappa shape index (κ1) is 40.4. The topological polar surface area (TPSA) is 107 Å². The number of rotatable bonds is 21. The molecule has 8 atom stereocenters. The lowest BCUT2D eigenvalue weighted by Gasteiger charge is -2.61. The van der Waals surface area contributed by atoms with Crippen LogP contribution in [0.15, 0.2) is 23.8 Å². The Labute approximate surface area is 300 Å². The van der Waals surface area contributed by atoms with Crippen LogP contribution in [0.25, 0.3) is 0 Å². The molecule has 3 saturated carbocycles. The van der Waals surface area contributed by atoms with E-state index in [9.17, 15) is 24.3 Å². The van der Waals surface area contributed by atoms with Crippen molar-refractivity contribution >= 4 is 23.5 Å². The number of aliphatic hydroxyl groups is 1. The molecule has 0 bridgehead atoms. The summed E-state index contributed by atoms with van der Waals surface area (Å²) in [6.07, 6.45) is 22.5. The summed E-state index contributed by atoms with van der Waals surface area (Å²) in [6.45, 7) is 7.96. The number of unbranched alkanes of at least 4 members (excludes halogenated alkanes) is 13. The number of halogens is 1. The van der Waals surface area contributed by atoms with E-state index in [0.717, 1.165) is 24.8 Å². The van der Waals surface area contributed by atoms with Gasteiger partial charge in [0.05, 0.1) is 25.6 Å². The largest absolute Gasteiger partial charge is 0.466 e. The molecular weight excluding hydrogens is 635 g/mol. The van der Waals surface area contributed by atoms with Gasteiger partial charge in [0, 0.05) is 17.3 Å². The highest BCUT2D eigenvalue weighted by Crippen LogP contribution is 2.69. The summed E-state index contributed by atoms with van der Waals surface area (Å²) in [5.74, 6) is -2.58. The van der Waals surface area contributed by atoms with E-state index in [-0.39, 0.29) is 42.7 Å². The molecule has 3 fully saturated rings. The second-order valence-electron chi connectivity index (χ2n) is 16.5. The van der Waals surface area contributed by atoms with Crippen molar-refractivity contribution in [2.24, 2.45) is 34.5 Å². The van der Waals surface area contributed by atoms with E-state index >= 15 is 4.39 Å². The molecule has 0 aromatic heterocycles. The second kappa shape index (κ2) is 18.4.